The van der Waals surface area contributed by atoms with Crippen molar-refractivity contribution < 1.29 is 0 Å². The molecule has 1 aliphatic rings. The van der Waals surface area contributed by atoms with Gasteiger partial charge in [0.15, 0.2) is 5.82 Å². The third kappa shape index (κ3) is 3.04. The molecule has 1 atom stereocenters. The molecule has 0 saturated carbocycles. The first-order valence-electron chi connectivity index (χ1n) is 6.95. The van der Waals surface area contributed by atoms with Crippen molar-refractivity contribution in [3.63, 3.8) is 0 Å². The third-order valence-electron chi connectivity index (χ3n) is 4.15. The zero-order valence-electron chi connectivity index (χ0n) is 12.5. The summed E-state index contributed by atoms with van der Waals surface area (Å²) in [4.78, 5) is 4.60. The van der Waals surface area contributed by atoms with Crippen LogP contribution >= 0.6 is 0 Å². The van der Waals surface area contributed by atoms with Crippen LogP contribution in [-0.2, 0) is 6.54 Å². The van der Waals surface area contributed by atoms with E-state index in [-0.39, 0.29) is 0 Å². The van der Waals surface area contributed by atoms with Crippen LogP contribution in [0.5, 0.6) is 0 Å². The zero-order chi connectivity index (χ0) is 14.0. The van der Waals surface area contributed by atoms with E-state index in [0.717, 1.165) is 23.6 Å². The number of hydrogen-bond donors (Lipinski definition) is 1. The van der Waals surface area contributed by atoms with Gasteiger partial charge in [0.2, 0.25) is 0 Å². The minimum Gasteiger partial charge on any atom is -0.358 e. The minimum absolute atomic E-state index is 0.520. The average Bonchev–Trinajstić information content (AvgIpc) is 2.77. The van der Waals surface area contributed by atoms with Crippen LogP contribution in [0.25, 0.3) is 0 Å². The molecule has 2 rings (SSSR count). The predicted molar refractivity (Wildman–Crippen MR) is 78.3 cm³/mol. The lowest BCUT2D eigenvalue weighted by Crippen LogP contribution is -2.29. The van der Waals surface area contributed by atoms with Crippen molar-refractivity contribution in [1.82, 2.24) is 15.1 Å². The van der Waals surface area contributed by atoms with E-state index >= 15 is 0 Å². The molecule has 0 radical (unpaired) electrons. The van der Waals surface area contributed by atoms with E-state index < -0.39 is 0 Å². The number of likely N-dealkylation sites (tertiary alicyclic amines) is 1. The molecule has 1 saturated heterocycles. The summed E-state index contributed by atoms with van der Waals surface area (Å²) in [5.41, 5.74) is 9.15. The van der Waals surface area contributed by atoms with Crippen LogP contribution < -0.4 is 10.6 Å². The summed E-state index contributed by atoms with van der Waals surface area (Å²) in [7, 11) is 4.28. The third-order valence-corrected chi connectivity index (χ3v) is 4.15. The van der Waals surface area contributed by atoms with Gasteiger partial charge in [-0.25, -0.2) is 0 Å². The topological polar surface area (TPSA) is 58.3 Å². The highest BCUT2D eigenvalue weighted by Gasteiger charge is 2.22. The highest BCUT2D eigenvalue weighted by molar-refractivity contribution is 5.50. The molecule has 0 aliphatic carbocycles. The number of anilines is 1. The van der Waals surface area contributed by atoms with Crippen LogP contribution in [0, 0.1) is 19.8 Å². The second-order valence-corrected chi connectivity index (χ2v) is 5.71. The van der Waals surface area contributed by atoms with Gasteiger partial charge in [0.25, 0.3) is 0 Å². The quantitative estimate of drug-likeness (QED) is 0.876. The molecule has 2 N–H and O–H groups in total. The Morgan fingerprint density at radius 2 is 2.11 bits per heavy atom. The number of nitrogens with two attached hydrogens (primary N) is 1. The number of nitrogens with zero attached hydrogens (tertiary/aromatic N) is 4. The molecular formula is C14H25N5. The van der Waals surface area contributed by atoms with Crippen LogP contribution in [-0.4, -0.2) is 48.8 Å². The van der Waals surface area contributed by atoms with Crippen molar-refractivity contribution in [2.75, 3.05) is 38.6 Å². The van der Waals surface area contributed by atoms with Gasteiger partial charge < -0.3 is 15.5 Å². The van der Waals surface area contributed by atoms with Gasteiger partial charge in [0.05, 0.1) is 5.69 Å². The first-order valence-corrected chi connectivity index (χ1v) is 6.95. The summed E-state index contributed by atoms with van der Waals surface area (Å²) in [5.74, 6) is 1.66. The van der Waals surface area contributed by atoms with E-state index in [1.165, 1.54) is 25.1 Å². The Hall–Kier alpha value is -1.20. The Morgan fingerprint density at radius 1 is 1.37 bits per heavy atom. The molecule has 0 bridgehead atoms. The molecule has 1 aliphatic heterocycles. The fourth-order valence-corrected chi connectivity index (χ4v) is 2.84. The second-order valence-electron chi connectivity index (χ2n) is 5.71. The van der Waals surface area contributed by atoms with Crippen molar-refractivity contribution in [1.29, 1.82) is 0 Å². The van der Waals surface area contributed by atoms with Crippen molar-refractivity contribution in [2.24, 2.45) is 11.7 Å². The highest BCUT2D eigenvalue weighted by atomic mass is 15.3. The maximum Gasteiger partial charge on any atom is 0.155 e. The smallest absolute Gasteiger partial charge is 0.155 e. The fraction of sp³-hybridized carbons (Fsp3) is 0.714. The Balaban J connectivity index is 2.14. The van der Waals surface area contributed by atoms with Crippen LogP contribution in [0.3, 0.4) is 0 Å². The van der Waals surface area contributed by atoms with E-state index in [2.05, 4.69) is 41.0 Å². The van der Waals surface area contributed by atoms with Crippen molar-refractivity contribution in [2.45, 2.75) is 26.8 Å². The molecule has 2 heterocycles. The Bertz CT molecular complexity index is 446. The molecule has 0 aromatic carbocycles. The monoisotopic (exact) mass is 263 g/mol. The summed E-state index contributed by atoms with van der Waals surface area (Å²) >= 11 is 0. The van der Waals surface area contributed by atoms with Crippen LogP contribution in [0.4, 0.5) is 5.82 Å². The Morgan fingerprint density at radius 3 is 2.68 bits per heavy atom. The normalized spacial score (nSPS) is 19.9. The standard InChI is InChI=1S/C14H25N5/c1-10-11(2)16-17-14(13(10)7-15)19(4)9-12-5-6-18(3)8-12/h12H,5-9,15H2,1-4H3. The molecule has 0 amide bonds. The van der Waals surface area contributed by atoms with Crippen molar-refractivity contribution in [3.05, 3.63) is 16.8 Å². The van der Waals surface area contributed by atoms with Gasteiger partial charge in [-0.05, 0) is 45.3 Å². The molecule has 1 unspecified atom stereocenters. The Kier molecular flexibility index (Phi) is 4.37. The van der Waals surface area contributed by atoms with Crippen LogP contribution in [0.2, 0.25) is 0 Å². The SMILES string of the molecule is Cc1nnc(N(C)CC2CCN(C)C2)c(CN)c1C. The molecule has 1 aromatic heterocycles. The fourth-order valence-electron chi connectivity index (χ4n) is 2.84. The molecular weight excluding hydrogens is 238 g/mol. The maximum atomic E-state index is 5.89. The average molecular weight is 263 g/mol. The first-order chi connectivity index (χ1) is 9.02. The lowest BCUT2D eigenvalue weighted by Gasteiger charge is -2.24. The number of aryl methyl sites for hydroxylation is 1. The summed E-state index contributed by atoms with van der Waals surface area (Å²) < 4.78 is 0. The van der Waals surface area contributed by atoms with E-state index in [4.69, 9.17) is 5.73 Å². The molecule has 106 valence electrons. The number of aromatic nitrogens is 2. The maximum absolute atomic E-state index is 5.89. The summed E-state index contributed by atoms with van der Waals surface area (Å²) in [5, 5.41) is 8.59. The Labute approximate surface area is 115 Å². The highest BCUT2D eigenvalue weighted by Crippen LogP contribution is 2.23. The summed E-state index contributed by atoms with van der Waals surface area (Å²) in [6.07, 6.45) is 1.26. The molecule has 0 spiro atoms. The zero-order valence-corrected chi connectivity index (χ0v) is 12.5. The van der Waals surface area contributed by atoms with Gasteiger partial charge in [-0.2, -0.15) is 5.10 Å². The van der Waals surface area contributed by atoms with E-state index in [1.54, 1.807) is 0 Å². The first kappa shape index (κ1) is 14.2. The molecule has 5 heteroatoms. The predicted octanol–water partition coefficient (Wildman–Crippen LogP) is 0.940. The van der Waals surface area contributed by atoms with Crippen LogP contribution in [0.1, 0.15) is 23.2 Å². The number of rotatable bonds is 4. The van der Waals surface area contributed by atoms with E-state index in [0.29, 0.717) is 12.5 Å². The molecule has 1 fully saturated rings. The second kappa shape index (κ2) is 5.84. The van der Waals surface area contributed by atoms with Crippen LogP contribution in [0.15, 0.2) is 0 Å². The van der Waals surface area contributed by atoms with E-state index in [1.807, 2.05) is 6.92 Å². The lowest BCUT2D eigenvalue weighted by atomic mass is 10.1. The molecule has 1 aromatic rings. The number of hydrogen-bond acceptors (Lipinski definition) is 5. The van der Waals surface area contributed by atoms with Gasteiger partial charge in [-0.1, -0.05) is 0 Å². The summed E-state index contributed by atoms with van der Waals surface area (Å²) in [6.45, 7) is 7.96. The largest absolute Gasteiger partial charge is 0.358 e. The van der Waals surface area contributed by atoms with Crippen molar-refractivity contribution >= 4 is 5.82 Å². The minimum atomic E-state index is 0.520. The van der Waals surface area contributed by atoms with Gasteiger partial charge >= 0.3 is 0 Å². The summed E-state index contributed by atoms with van der Waals surface area (Å²) in [6, 6.07) is 0. The van der Waals surface area contributed by atoms with Crippen molar-refractivity contribution in [3.8, 4) is 0 Å². The molecule has 5 nitrogen and oxygen atoms in total. The van der Waals surface area contributed by atoms with Gasteiger partial charge in [0, 0.05) is 32.2 Å². The lowest BCUT2D eigenvalue weighted by molar-refractivity contribution is 0.395. The molecule has 19 heavy (non-hydrogen) atoms. The van der Waals surface area contributed by atoms with Gasteiger partial charge in [-0.3, -0.25) is 0 Å². The van der Waals surface area contributed by atoms with E-state index in [9.17, 15) is 0 Å². The van der Waals surface area contributed by atoms with Gasteiger partial charge in [-0.15, -0.1) is 5.10 Å². The van der Waals surface area contributed by atoms with Gasteiger partial charge in [0.1, 0.15) is 0 Å².